The number of aromatic nitrogens is 1. The minimum atomic E-state index is 0.705. The van der Waals surface area contributed by atoms with Gasteiger partial charge in [0.2, 0.25) is 0 Å². The summed E-state index contributed by atoms with van der Waals surface area (Å²) < 4.78 is 4.21. The van der Waals surface area contributed by atoms with Gasteiger partial charge in [0, 0.05) is 19.2 Å². The highest BCUT2D eigenvalue weighted by molar-refractivity contribution is 7.06. The Labute approximate surface area is 75.4 Å². The standard InChI is InChI=1S/C8H9N3S/c9-6-7-5-8(10-12-7)11-3-1-2-4-11/h5H,1-4H2. The molecule has 1 aromatic rings. The van der Waals surface area contributed by atoms with E-state index in [0.717, 1.165) is 18.9 Å². The van der Waals surface area contributed by atoms with Gasteiger partial charge in [0.15, 0.2) is 0 Å². The lowest BCUT2D eigenvalue weighted by molar-refractivity contribution is 0.949. The van der Waals surface area contributed by atoms with Crippen LogP contribution in [0, 0.1) is 11.3 Å². The zero-order valence-corrected chi connectivity index (χ0v) is 7.47. The van der Waals surface area contributed by atoms with Gasteiger partial charge in [-0.1, -0.05) is 0 Å². The molecule has 0 unspecified atom stereocenters. The summed E-state index contributed by atoms with van der Waals surface area (Å²) in [6.45, 7) is 2.18. The van der Waals surface area contributed by atoms with Gasteiger partial charge in [-0.2, -0.15) is 9.64 Å². The molecular weight excluding hydrogens is 170 g/mol. The Morgan fingerprint density at radius 2 is 2.25 bits per heavy atom. The van der Waals surface area contributed by atoms with Gasteiger partial charge in [0.1, 0.15) is 16.8 Å². The molecule has 0 atom stereocenters. The van der Waals surface area contributed by atoms with Crippen molar-refractivity contribution in [3.63, 3.8) is 0 Å². The van der Waals surface area contributed by atoms with Crippen molar-refractivity contribution in [3.05, 3.63) is 10.9 Å². The van der Waals surface area contributed by atoms with Crippen molar-refractivity contribution in [2.45, 2.75) is 12.8 Å². The molecule has 3 nitrogen and oxygen atoms in total. The normalized spacial score (nSPS) is 16.4. The molecule has 0 aliphatic carbocycles. The van der Waals surface area contributed by atoms with Crippen LogP contribution in [-0.4, -0.2) is 17.5 Å². The molecule has 2 heterocycles. The van der Waals surface area contributed by atoms with Crippen LogP contribution >= 0.6 is 11.5 Å². The largest absolute Gasteiger partial charge is 0.356 e. The van der Waals surface area contributed by atoms with Gasteiger partial charge in [-0.25, -0.2) is 0 Å². The van der Waals surface area contributed by atoms with E-state index < -0.39 is 0 Å². The van der Waals surface area contributed by atoms with E-state index in [2.05, 4.69) is 15.3 Å². The number of nitrogens with zero attached hydrogens (tertiary/aromatic N) is 3. The molecule has 12 heavy (non-hydrogen) atoms. The van der Waals surface area contributed by atoms with Crippen LogP contribution in [0.15, 0.2) is 6.07 Å². The lowest BCUT2D eigenvalue weighted by atomic mass is 10.4. The quantitative estimate of drug-likeness (QED) is 0.657. The highest BCUT2D eigenvalue weighted by atomic mass is 32.1. The van der Waals surface area contributed by atoms with Crippen LogP contribution < -0.4 is 4.90 Å². The van der Waals surface area contributed by atoms with E-state index in [1.165, 1.54) is 24.4 Å². The Kier molecular flexibility index (Phi) is 1.96. The minimum absolute atomic E-state index is 0.705. The summed E-state index contributed by atoms with van der Waals surface area (Å²) in [7, 11) is 0. The first-order valence-corrected chi connectivity index (χ1v) is 4.79. The zero-order valence-electron chi connectivity index (χ0n) is 6.66. The van der Waals surface area contributed by atoms with Crippen LogP contribution in [0.1, 0.15) is 17.7 Å². The summed E-state index contributed by atoms with van der Waals surface area (Å²) in [5.41, 5.74) is 0. The maximum absolute atomic E-state index is 8.60. The lowest BCUT2D eigenvalue weighted by Gasteiger charge is -2.12. The third-order valence-electron chi connectivity index (χ3n) is 2.04. The van der Waals surface area contributed by atoms with Crippen LogP contribution in [0.5, 0.6) is 0 Å². The predicted molar refractivity (Wildman–Crippen MR) is 48.3 cm³/mol. The maximum Gasteiger partial charge on any atom is 0.143 e. The van der Waals surface area contributed by atoms with Gasteiger partial charge in [-0.3, -0.25) is 0 Å². The highest BCUT2D eigenvalue weighted by Crippen LogP contribution is 2.21. The van der Waals surface area contributed by atoms with E-state index in [0.29, 0.717) is 4.88 Å². The van der Waals surface area contributed by atoms with Gasteiger partial charge in [-0.15, -0.1) is 0 Å². The molecule has 1 fully saturated rings. The monoisotopic (exact) mass is 179 g/mol. The number of nitriles is 1. The van der Waals surface area contributed by atoms with Crippen molar-refractivity contribution < 1.29 is 0 Å². The van der Waals surface area contributed by atoms with E-state index in [1.807, 2.05) is 6.07 Å². The Morgan fingerprint density at radius 3 is 2.83 bits per heavy atom. The maximum atomic E-state index is 8.60. The van der Waals surface area contributed by atoms with Crippen LogP contribution in [0.3, 0.4) is 0 Å². The SMILES string of the molecule is N#Cc1cc(N2CCCC2)ns1. The van der Waals surface area contributed by atoms with Gasteiger partial charge in [0.25, 0.3) is 0 Å². The second-order valence-corrected chi connectivity index (χ2v) is 3.66. The number of anilines is 1. The summed E-state index contributed by atoms with van der Waals surface area (Å²) in [4.78, 5) is 2.94. The van der Waals surface area contributed by atoms with Crippen LogP contribution in [0.25, 0.3) is 0 Å². The molecule has 2 rings (SSSR count). The number of hydrogen-bond acceptors (Lipinski definition) is 4. The molecule has 0 bridgehead atoms. The molecule has 0 saturated carbocycles. The summed E-state index contributed by atoms with van der Waals surface area (Å²) in [6.07, 6.45) is 2.50. The summed E-state index contributed by atoms with van der Waals surface area (Å²) >= 11 is 1.28. The first-order valence-electron chi connectivity index (χ1n) is 4.02. The summed E-state index contributed by atoms with van der Waals surface area (Å²) in [6, 6.07) is 3.97. The summed E-state index contributed by atoms with van der Waals surface area (Å²) in [5, 5.41) is 8.60. The van der Waals surface area contributed by atoms with E-state index in [1.54, 1.807) is 0 Å². The fourth-order valence-corrected chi connectivity index (χ4v) is 1.97. The molecular formula is C8H9N3S. The number of hydrogen-bond donors (Lipinski definition) is 0. The van der Waals surface area contributed by atoms with Crippen molar-refractivity contribution in [1.82, 2.24) is 4.37 Å². The lowest BCUT2D eigenvalue weighted by Crippen LogP contribution is -2.17. The Bertz CT molecular complexity index is 306. The molecule has 0 radical (unpaired) electrons. The van der Waals surface area contributed by atoms with Gasteiger partial charge < -0.3 is 4.90 Å². The third kappa shape index (κ3) is 1.28. The van der Waals surface area contributed by atoms with Crippen LogP contribution in [0.4, 0.5) is 5.82 Å². The minimum Gasteiger partial charge on any atom is -0.356 e. The first kappa shape index (κ1) is 7.56. The van der Waals surface area contributed by atoms with E-state index in [4.69, 9.17) is 5.26 Å². The Hall–Kier alpha value is -1.08. The molecule has 0 amide bonds. The van der Waals surface area contributed by atoms with Crippen LogP contribution in [-0.2, 0) is 0 Å². The molecule has 1 aliphatic heterocycles. The van der Waals surface area contributed by atoms with Gasteiger partial charge in [0.05, 0.1) is 0 Å². The fourth-order valence-electron chi connectivity index (χ4n) is 1.41. The van der Waals surface area contributed by atoms with Crippen LogP contribution in [0.2, 0.25) is 0 Å². The summed E-state index contributed by atoms with van der Waals surface area (Å²) in [5.74, 6) is 0.981. The zero-order chi connectivity index (χ0) is 8.39. The van der Waals surface area contributed by atoms with E-state index in [-0.39, 0.29) is 0 Å². The van der Waals surface area contributed by atoms with Crippen molar-refractivity contribution in [1.29, 1.82) is 5.26 Å². The van der Waals surface area contributed by atoms with Crippen molar-refractivity contribution in [2.75, 3.05) is 18.0 Å². The average molecular weight is 179 g/mol. The predicted octanol–water partition coefficient (Wildman–Crippen LogP) is 1.61. The molecule has 1 aliphatic rings. The van der Waals surface area contributed by atoms with Crippen molar-refractivity contribution in [2.24, 2.45) is 0 Å². The van der Waals surface area contributed by atoms with Gasteiger partial charge >= 0.3 is 0 Å². The average Bonchev–Trinajstić information content (AvgIpc) is 2.75. The molecule has 4 heteroatoms. The smallest absolute Gasteiger partial charge is 0.143 e. The first-order chi connectivity index (χ1) is 5.90. The molecule has 0 N–H and O–H groups in total. The molecule has 0 spiro atoms. The Balaban J connectivity index is 2.17. The van der Waals surface area contributed by atoms with Crippen molar-refractivity contribution >= 4 is 17.4 Å². The fraction of sp³-hybridized carbons (Fsp3) is 0.500. The van der Waals surface area contributed by atoms with E-state index >= 15 is 0 Å². The van der Waals surface area contributed by atoms with Gasteiger partial charge in [-0.05, 0) is 24.4 Å². The Morgan fingerprint density at radius 1 is 1.50 bits per heavy atom. The number of rotatable bonds is 1. The molecule has 1 saturated heterocycles. The second kappa shape index (κ2) is 3.11. The third-order valence-corrected chi connectivity index (χ3v) is 2.72. The van der Waals surface area contributed by atoms with E-state index in [9.17, 15) is 0 Å². The van der Waals surface area contributed by atoms with Crippen molar-refractivity contribution in [3.8, 4) is 6.07 Å². The topological polar surface area (TPSA) is 39.9 Å². The second-order valence-electron chi connectivity index (χ2n) is 2.86. The molecule has 0 aromatic carbocycles. The molecule has 62 valence electrons. The molecule has 1 aromatic heterocycles. The highest BCUT2D eigenvalue weighted by Gasteiger charge is 2.14.